The van der Waals surface area contributed by atoms with Crippen molar-refractivity contribution in [3.63, 3.8) is 0 Å². The molecule has 0 saturated carbocycles. The lowest BCUT2D eigenvalue weighted by molar-refractivity contribution is -0.135. The van der Waals surface area contributed by atoms with Gasteiger partial charge in [0.2, 0.25) is 0 Å². The first-order valence-corrected chi connectivity index (χ1v) is 5.23. The molecule has 1 aromatic rings. The van der Waals surface area contributed by atoms with Crippen molar-refractivity contribution in [3.05, 3.63) is 40.8 Å². The van der Waals surface area contributed by atoms with Crippen LogP contribution in [0, 0.1) is 0 Å². The fourth-order valence-corrected chi connectivity index (χ4v) is 1.65. The molecule has 1 aromatic heterocycles. The molecule has 16 heavy (non-hydrogen) atoms. The largest absolute Gasteiger partial charge is 0.456 e. The quantitative estimate of drug-likeness (QED) is 0.593. The zero-order valence-electron chi connectivity index (χ0n) is 8.81. The summed E-state index contributed by atoms with van der Waals surface area (Å²) in [5, 5.41) is 0.471. The maximum atomic E-state index is 10.9. The second kappa shape index (κ2) is 4.53. The molecule has 0 amide bonds. The summed E-state index contributed by atoms with van der Waals surface area (Å²) in [5.74, 6) is -0.291. The van der Waals surface area contributed by atoms with Crippen molar-refractivity contribution in [2.75, 3.05) is 13.7 Å². The van der Waals surface area contributed by atoms with Crippen LogP contribution < -0.4 is 0 Å². The van der Waals surface area contributed by atoms with Gasteiger partial charge in [0.1, 0.15) is 11.8 Å². The zero-order valence-corrected chi connectivity index (χ0v) is 9.57. The molecule has 0 aromatic carbocycles. The van der Waals surface area contributed by atoms with E-state index < -0.39 is 0 Å². The summed E-state index contributed by atoms with van der Waals surface area (Å²) in [5.41, 5.74) is 1.71. The highest BCUT2D eigenvalue weighted by molar-refractivity contribution is 6.29. The molecule has 0 unspecified atom stereocenters. The number of pyridine rings is 1. The Morgan fingerprint density at radius 1 is 1.56 bits per heavy atom. The van der Waals surface area contributed by atoms with Crippen LogP contribution in [0.1, 0.15) is 5.69 Å². The minimum atomic E-state index is -0.291. The highest BCUT2D eigenvalue weighted by Gasteiger charge is 2.16. The molecule has 5 heteroatoms. The van der Waals surface area contributed by atoms with Crippen LogP contribution in [0.25, 0.3) is 0 Å². The maximum Gasteiger partial charge on any atom is 0.333 e. The van der Waals surface area contributed by atoms with E-state index in [2.05, 4.69) is 4.98 Å². The van der Waals surface area contributed by atoms with Crippen LogP contribution in [0.3, 0.4) is 0 Å². The van der Waals surface area contributed by atoms with E-state index in [0.717, 1.165) is 11.4 Å². The lowest BCUT2D eigenvalue weighted by Crippen LogP contribution is -2.18. The van der Waals surface area contributed by atoms with Gasteiger partial charge in [-0.15, -0.1) is 0 Å². The van der Waals surface area contributed by atoms with Gasteiger partial charge in [0.25, 0.3) is 0 Å². The molecule has 0 aliphatic carbocycles. The Kier molecular flexibility index (Phi) is 3.10. The monoisotopic (exact) mass is 238 g/mol. The van der Waals surface area contributed by atoms with Gasteiger partial charge >= 0.3 is 5.97 Å². The number of hydrogen-bond acceptors (Lipinski definition) is 4. The predicted molar refractivity (Wildman–Crippen MR) is 59.8 cm³/mol. The average molecular weight is 239 g/mol. The van der Waals surface area contributed by atoms with Gasteiger partial charge in [0, 0.05) is 13.1 Å². The van der Waals surface area contributed by atoms with Crippen molar-refractivity contribution < 1.29 is 9.53 Å². The van der Waals surface area contributed by atoms with E-state index in [0.29, 0.717) is 18.3 Å². The Hall–Kier alpha value is -1.55. The summed E-state index contributed by atoms with van der Waals surface area (Å²) in [7, 11) is 1.89. The van der Waals surface area contributed by atoms with Crippen molar-refractivity contribution in [2.45, 2.75) is 6.54 Å². The van der Waals surface area contributed by atoms with Gasteiger partial charge in [0.05, 0.1) is 17.9 Å². The Labute approximate surface area is 98.5 Å². The lowest BCUT2D eigenvalue weighted by Gasteiger charge is -2.18. The van der Waals surface area contributed by atoms with Gasteiger partial charge in [-0.05, 0) is 12.1 Å². The van der Waals surface area contributed by atoms with Crippen LogP contribution in [0.2, 0.25) is 5.15 Å². The molecule has 84 valence electrons. The summed E-state index contributed by atoms with van der Waals surface area (Å²) < 4.78 is 4.83. The van der Waals surface area contributed by atoms with Crippen molar-refractivity contribution in [1.29, 1.82) is 0 Å². The number of esters is 1. The van der Waals surface area contributed by atoms with Crippen LogP contribution in [-0.4, -0.2) is 29.5 Å². The average Bonchev–Trinajstić information content (AvgIpc) is 2.65. The minimum Gasteiger partial charge on any atom is -0.456 e. The molecule has 0 bridgehead atoms. The first-order valence-electron chi connectivity index (χ1n) is 4.85. The second-order valence-corrected chi connectivity index (χ2v) is 3.94. The Morgan fingerprint density at radius 3 is 3.00 bits per heavy atom. The van der Waals surface area contributed by atoms with Crippen LogP contribution in [0.15, 0.2) is 30.0 Å². The van der Waals surface area contributed by atoms with Crippen molar-refractivity contribution in [3.8, 4) is 0 Å². The maximum absolute atomic E-state index is 10.9. The lowest BCUT2D eigenvalue weighted by atomic mass is 10.3. The summed E-state index contributed by atoms with van der Waals surface area (Å²) in [6, 6.07) is 5.47. The number of hydrogen-bond donors (Lipinski definition) is 0. The smallest absolute Gasteiger partial charge is 0.333 e. The van der Waals surface area contributed by atoms with E-state index in [1.54, 1.807) is 6.07 Å². The first-order chi connectivity index (χ1) is 7.65. The van der Waals surface area contributed by atoms with Gasteiger partial charge in [-0.25, -0.2) is 9.78 Å². The fourth-order valence-electron chi connectivity index (χ4n) is 1.47. The Morgan fingerprint density at radius 2 is 2.38 bits per heavy atom. The highest BCUT2D eigenvalue weighted by atomic mass is 35.5. The third-order valence-electron chi connectivity index (χ3n) is 2.31. The molecule has 1 aliphatic rings. The highest BCUT2D eigenvalue weighted by Crippen LogP contribution is 2.13. The Bertz CT molecular complexity index is 445. The molecular weight excluding hydrogens is 228 g/mol. The number of carbonyl (C=O) groups excluding carboxylic acids is 1. The van der Waals surface area contributed by atoms with Crippen LogP contribution in [0.4, 0.5) is 0 Å². The molecule has 2 heterocycles. The zero-order chi connectivity index (χ0) is 11.5. The fraction of sp³-hybridized carbons (Fsp3) is 0.273. The number of rotatable bonds is 3. The van der Waals surface area contributed by atoms with Crippen LogP contribution >= 0.6 is 11.6 Å². The SMILES string of the molecule is CN(Cc1cccc(Cl)n1)C1=CC(=O)OC1. The number of likely N-dealkylation sites (N-methyl/N-ethyl adjacent to an activating group) is 1. The molecule has 0 atom stereocenters. The number of nitrogens with zero attached hydrogens (tertiary/aromatic N) is 2. The third kappa shape index (κ3) is 2.52. The minimum absolute atomic E-state index is 0.291. The molecule has 1 aliphatic heterocycles. The van der Waals surface area contributed by atoms with Crippen molar-refractivity contribution in [2.24, 2.45) is 0 Å². The summed E-state index contributed by atoms with van der Waals surface area (Å²) in [4.78, 5) is 17.0. The number of halogens is 1. The third-order valence-corrected chi connectivity index (χ3v) is 2.52. The summed E-state index contributed by atoms with van der Waals surface area (Å²) in [6.45, 7) is 0.929. The number of ether oxygens (including phenoxy) is 1. The van der Waals surface area contributed by atoms with Gasteiger partial charge in [-0.3, -0.25) is 0 Å². The van der Waals surface area contributed by atoms with Gasteiger partial charge in [-0.2, -0.15) is 0 Å². The first kappa shape index (κ1) is 11.0. The summed E-state index contributed by atoms with van der Waals surface area (Å²) in [6.07, 6.45) is 1.49. The molecule has 0 spiro atoms. The number of carbonyl (C=O) groups is 1. The van der Waals surface area contributed by atoms with E-state index in [1.165, 1.54) is 6.08 Å². The van der Waals surface area contributed by atoms with Gasteiger partial charge < -0.3 is 9.64 Å². The topological polar surface area (TPSA) is 42.4 Å². The summed E-state index contributed by atoms with van der Waals surface area (Å²) >= 11 is 5.79. The molecule has 0 N–H and O–H groups in total. The standard InChI is InChI=1S/C11H11ClN2O2/c1-14(9-5-11(15)16-7-9)6-8-3-2-4-10(12)13-8/h2-5H,6-7H2,1H3. The molecule has 2 rings (SSSR count). The molecule has 0 saturated heterocycles. The number of cyclic esters (lactones) is 1. The molecule has 4 nitrogen and oxygen atoms in total. The van der Waals surface area contributed by atoms with E-state index in [4.69, 9.17) is 16.3 Å². The Balaban J connectivity index is 2.05. The second-order valence-electron chi connectivity index (χ2n) is 3.55. The number of aromatic nitrogens is 1. The van der Waals surface area contributed by atoms with Crippen LogP contribution in [0.5, 0.6) is 0 Å². The van der Waals surface area contributed by atoms with Gasteiger partial charge in [-0.1, -0.05) is 17.7 Å². The normalized spacial score (nSPS) is 14.6. The molecular formula is C11H11ClN2O2. The van der Waals surface area contributed by atoms with Gasteiger partial charge in [0.15, 0.2) is 0 Å². The van der Waals surface area contributed by atoms with E-state index in [-0.39, 0.29) is 5.97 Å². The van der Waals surface area contributed by atoms with Crippen LogP contribution in [-0.2, 0) is 16.1 Å². The van der Waals surface area contributed by atoms with E-state index >= 15 is 0 Å². The van der Waals surface area contributed by atoms with E-state index in [1.807, 2.05) is 24.1 Å². The van der Waals surface area contributed by atoms with E-state index in [9.17, 15) is 4.79 Å². The molecule has 0 fully saturated rings. The van der Waals surface area contributed by atoms with Crippen molar-refractivity contribution in [1.82, 2.24) is 9.88 Å². The predicted octanol–water partition coefficient (Wildman–Crippen LogP) is 1.61. The molecule has 0 radical (unpaired) electrons. The van der Waals surface area contributed by atoms with Crippen molar-refractivity contribution >= 4 is 17.6 Å².